The second-order valence-corrected chi connectivity index (χ2v) is 3.39. The lowest BCUT2D eigenvalue weighted by atomic mass is 9.99. The topological polar surface area (TPSA) is 20.2 Å². The Labute approximate surface area is 80.1 Å². The number of unbranched alkanes of at least 4 members (excludes halogenated alkanes) is 3. The summed E-state index contributed by atoms with van der Waals surface area (Å²) in [5.74, 6) is 2.46. The molecule has 0 heterocycles. The number of alkyl halides is 1. The van der Waals surface area contributed by atoms with Crippen LogP contribution in [0.3, 0.4) is 0 Å². The Morgan fingerprint density at radius 1 is 1.42 bits per heavy atom. The van der Waals surface area contributed by atoms with Crippen molar-refractivity contribution in [3.05, 3.63) is 0 Å². The van der Waals surface area contributed by atoms with Crippen molar-refractivity contribution in [2.75, 3.05) is 5.88 Å². The molecule has 1 atom stereocenters. The molecule has 1 nitrogen and oxygen atoms in total. The minimum atomic E-state index is -1.07. The van der Waals surface area contributed by atoms with E-state index >= 15 is 0 Å². The van der Waals surface area contributed by atoms with Gasteiger partial charge in [-0.05, 0) is 12.8 Å². The van der Waals surface area contributed by atoms with E-state index in [4.69, 9.17) is 18.0 Å². The fourth-order valence-electron chi connectivity index (χ4n) is 1.02. The number of rotatable bonds is 6. The van der Waals surface area contributed by atoms with Crippen molar-refractivity contribution < 1.29 is 5.11 Å². The zero-order valence-electron chi connectivity index (χ0n) is 7.65. The maximum atomic E-state index is 9.56. The van der Waals surface area contributed by atoms with Crippen LogP contribution in [0.1, 0.15) is 39.0 Å². The Morgan fingerprint density at radius 2 is 2.08 bits per heavy atom. The third kappa shape index (κ3) is 4.64. The summed E-state index contributed by atoms with van der Waals surface area (Å²) in [6, 6.07) is 0. The summed E-state index contributed by atoms with van der Waals surface area (Å²) in [5.41, 5.74) is -1.07. The van der Waals surface area contributed by atoms with Crippen LogP contribution >= 0.6 is 11.6 Å². The van der Waals surface area contributed by atoms with Crippen LogP contribution in [-0.4, -0.2) is 16.6 Å². The zero-order valence-corrected chi connectivity index (χ0v) is 8.40. The molecule has 1 unspecified atom stereocenters. The summed E-state index contributed by atoms with van der Waals surface area (Å²) in [7, 11) is 0. The lowest BCUT2D eigenvalue weighted by molar-refractivity contribution is 0.112. The number of hydrogen-bond donors (Lipinski definition) is 1. The van der Waals surface area contributed by atoms with Gasteiger partial charge in [0, 0.05) is 0 Å². The van der Waals surface area contributed by atoms with Crippen molar-refractivity contribution in [3.63, 3.8) is 0 Å². The van der Waals surface area contributed by atoms with Gasteiger partial charge >= 0.3 is 0 Å². The first-order valence-electron chi connectivity index (χ1n) is 4.44. The van der Waals surface area contributed by atoms with E-state index in [9.17, 15) is 5.11 Å². The van der Waals surface area contributed by atoms with E-state index in [-0.39, 0.29) is 5.88 Å². The highest BCUT2D eigenvalue weighted by Gasteiger charge is 2.21. The molecule has 2 heteroatoms. The zero-order chi connectivity index (χ0) is 9.45. The Bertz CT molecular complexity index is 150. The first-order chi connectivity index (χ1) is 5.68. The van der Waals surface area contributed by atoms with Crippen molar-refractivity contribution in [2.24, 2.45) is 0 Å². The van der Waals surface area contributed by atoms with Crippen LogP contribution in [0.25, 0.3) is 0 Å². The predicted octanol–water partition coefficient (Wildman–Crippen LogP) is 2.56. The van der Waals surface area contributed by atoms with Gasteiger partial charge in [-0.1, -0.05) is 32.1 Å². The van der Waals surface area contributed by atoms with Gasteiger partial charge in [-0.3, -0.25) is 0 Å². The highest BCUT2D eigenvalue weighted by atomic mass is 35.5. The minimum Gasteiger partial charge on any atom is -0.376 e. The van der Waals surface area contributed by atoms with Crippen molar-refractivity contribution in [1.82, 2.24) is 0 Å². The molecule has 0 aliphatic carbocycles. The van der Waals surface area contributed by atoms with Crippen LogP contribution in [0.2, 0.25) is 0 Å². The van der Waals surface area contributed by atoms with Gasteiger partial charge in [0.2, 0.25) is 0 Å². The lowest BCUT2D eigenvalue weighted by Gasteiger charge is -2.18. The molecule has 0 bridgehead atoms. The summed E-state index contributed by atoms with van der Waals surface area (Å²) < 4.78 is 0. The molecule has 1 N–H and O–H groups in total. The molecule has 0 aromatic carbocycles. The maximum absolute atomic E-state index is 9.56. The standard InChI is InChI=1S/C10H17ClO/c1-3-5-6-7-8-10(12,4-2)9-11/h2,12H,3,5-9H2,1H3. The molecule has 0 saturated heterocycles. The van der Waals surface area contributed by atoms with Crippen molar-refractivity contribution in [1.29, 1.82) is 0 Å². The van der Waals surface area contributed by atoms with Gasteiger partial charge in [-0.25, -0.2) is 0 Å². The van der Waals surface area contributed by atoms with E-state index in [2.05, 4.69) is 12.8 Å². The Hall–Kier alpha value is -0.190. The largest absolute Gasteiger partial charge is 0.376 e. The monoisotopic (exact) mass is 188 g/mol. The average molecular weight is 189 g/mol. The molecule has 0 aliphatic heterocycles. The molecule has 0 fully saturated rings. The van der Waals surface area contributed by atoms with Crippen LogP contribution in [0.5, 0.6) is 0 Å². The lowest BCUT2D eigenvalue weighted by Crippen LogP contribution is -2.28. The fourth-order valence-corrected chi connectivity index (χ4v) is 1.23. The SMILES string of the molecule is C#CC(O)(CCl)CCCCCC. The van der Waals surface area contributed by atoms with E-state index < -0.39 is 5.60 Å². The van der Waals surface area contributed by atoms with Gasteiger partial charge in [0.1, 0.15) is 5.60 Å². The summed E-state index contributed by atoms with van der Waals surface area (Å²) in [6.45, 7) is 2.15. The molecule has 0 rings (SSSR count). The molecule has 0 amide bonds. The average Bonchev–Trinajstić information content (AvgIpc) is 2.12. The number of aliphatic hydroxyl groups is 1. The molecule has 0 aliphatic rings. The molecule has 0 saturated carbocycles. The quantitative estimate of drug-likeness (QED) is 0.386. The van der Waals surface area contributed by atoms with Crippen LogP contribution in [0.15, 0.2) is 0 Å². The van der Waals surface area contributed by atoms with Crippen molar-refractivity contribution in [2.45, 2.75) is 44.6 Å². The number of terminal acetylenes is 1. The summed E-state index contributed by atoms with van der Waals surface area (Å²) in [4.78, 5) is 0. The molecule has 0 radical (unpaired) electrons. The van der Waals surface area contributed by atoms with E-state index in [1.165, 1.54) is 12.8 Å². The third-order valence-corrected chi connectivity index (χ3v) is 2.38. The van der Waals surface area contributed by atoms with Crippen molar-refractivity contribution >= 4 is 11.6 Å². The van der Waals surface area contributed by atoms with E-state index in [0.29, 0.717) is 6.42 Å². The van der Waals surface area contributed by atoms with Gasteiger partial charge in [-0.2, -0.15) is 0 Å². The van der Waals surface area contributed by atoms with Crippen LogP contribution < -0.4 is 0 Å². The second kappa shape index (κ2) is 6.34. The molecular formula is C10H17ClO. The van der Waals surface area contributed by atoms with Gasteiger partial charge < -0.3 is 5.11 Å². The fraction of sp³-hybridized carbons (Fsp3) is 0.800. The number of hydrogen-bond acceptors (Lipinski definition) is 1. The van der Waals surface area contributed by atoms with E-state index in [1.54, 1.807) is 0 Å². The molecule has 0 spiro atoms. The summed E-state index contributed by atoms with van der Waals surface area (Å²) >= 11 is 5.53. The van der Waals surface area contributed by atoms with Crippen molar-refractivity contribution in [3.8, 4) is 12.3 Å². The Balaban J connectivity index is 3.54. The second-order valence-electron chi connectivity index (χ2n) is 3.12. The van der Waals surface area contributed by atoms with Gasteiger partial charge in [0.15, 0.2) is 0 Å². The van der Waals surface area contributed by atoms with Gasteiger partial charge in [0.25, 0.3) is 0 Å². The van der Waals surface area contributed by atoms with Crippen LogP contribution in [0, 0.1) is 12.3 Å². The van der Waals surface area contributed by atoms with Crippen LogP contribution in [0.4, 0.5) is 0 Å². The molecule has 0 aromatic rings. The highest BCUT2D eigenvalue weighted by molar-refractivity contribution is 6.18. The third-order valence-electron chi connectivity index (χ3n) is 1.93. The Kier molecular flexibility index (Phi) is 6.24. The normalized spacial score (nSPS) is 15.2. The predicted molar refractivity (Wildman–Crippen MR) is 53.3 cm³/mol. The van der Waals surface area contributed by atoms with E-state index in [0.717, 1.165) is 12.8 Å². The van der Waals surface area contributed by atoms with E-state index in [1.807, 2.05) is 0 Å². The Morgan fingerprint density at radius 3 is 2.50 bits per heavy atom. The minimum absolute atomic E-state index is 0.135. The van der Waals surface area contributed by atoms with Crippen LogP contribution in [-0.2, 0) is 0 Å². The first kappa shape index (κ1) is 11.8. The van der Waals surface area contributed by atoms with Gasteiger partial charge in [-0.15, -0.1) is 18.0 Å². The molecular weight excluding hydrogens is 172 g/mol. The first-order valence-corrected chi connectivity index (χ1v) is 4.98. The molecule has 70 valence electrons. The summed E-state index contributed by atoms with van der Waals surface area (Å²) in [6.07, 6.45) is 10.2. The summed E-state index contributed by atoms with van der Waals surface area (Å²) in [5, 5.41) is 9.56. The number of halogens is 1. The smallest absolute Gasteiger partial charge is 0.138 e. The maximum Gasteiger partial charge on any atom is 0.138 e. The molecule has 0 aromatic heterocycles. The van der Waals surface area contributed by atoms with Gasteiger partial charge in [0.05, 0.1) is 5.88 Å². The molecule has 12 heavy (non-hydrogen) atoms. The highest BCUT2D eigenvalue weighted by Crippen LogP contribution is 2.16.